The molecule has 3 aromatic rings. The van der Waals surface area contributed by atoms with Crippen molar-refractivity contribution in [1.29, 1.82) is 0 Å². The standard InChI is InChI=1S/C22H23N3O3/c1-14-5-6-15(2)18(11-14)25-22(26)20-12-16(9-10-23-20)24-19-13-17(27-3)7-8-21(19)28-4/h5-13H,1-4H3,(H,23,24)(H,25,26). The van der Waals surface area contributed by atoms with E-state index in [4.69, 9.17) is 9.47 Å². The highest BCUT2D eigenvalue weighted by Gasteiger charge is 2.12. The first-order valence-corrected chi connectivity index (χ1v) is 8.84. The number of carbonyl (C=O) groups is 1. The second-order valence-corrected chi connectivity index (χ2v) is 6.39. The summed E-state index contributed by atoms with van der Waals surface area (Å²) in [6.45, 7) is 3.94. The molecule has 2 aromatic carbocycles. The zero-order chi connectivity index (χ0) is 20.1. The van der Waals surface area contributed by atoms with Gasteiger partial charge in [0.2, 0.25) is 0 Å². The minimum Gasteiger partial charge on any atom is -0.497 e. The van der Waals surface area contributed by atoms with E-state index in [9.17, 15) is 4.79 Å². The Morgan fingerprint density at radius 1 is 0.929 bits per heavy atom. The van der Waals surface area contributed by atoms with Gasteiger partial charge in [0.1, 0.15) is 17.2 Å². The number of nitrogens with zero attached hydrogens (tertiary/aromatic N) is 1. The van der Waals surface area contributed by atoms with E-state index in [-0.39, 0.29) is 5.91 Å². The molecule has 1 aromatic heterocycles. The number of hydrogen-bond donors (Lipinski definition) is 2. The second kappa shape index (κ2) is 8.43. The number of aryl methyl sites for hydroxylation is 2. The van der Waals surface area contributed by atoms with Crippen LogP contribution in [0.5, 0.6) is 11.5 Å². The van der Waals surface area contributed by atoms with E-state index >= 15 is 0 Å². The number of anilines is 3. The molecule has 3 rings (SSSR count). The molecule has 0 saturated carbocycles. The van der Waals surface area contributed by atoms with Crippen LogP contribution in [0.25, 0.3) is 0 Å². The molecule has 0 fully saturated rings. The molecule has 0 radical (unpaired) electrons. The molecule has 144 valence electrons. The van der Waals surface area contributed by atoms with Gasteiger partial charge in [0.25, 0.3) is 5.91 Å². The number of aromatic nitrogens is 1. The number of carbonyl (C=O) groups excluding carboxylic acids is 1. The van der Waals surface area contributed by atoms with Crippen LogP contribution in [0, 0.1) is 13.8 Å². The van der Waals surface area contributed by atoms with Crippen LogP contribution in [0.15, 0.2) is 54.7 Å². The molecule has 1 amide bonds. The highest BCUT2D eigenvalue weighted by atomic mass is 16.5. The summed E-state index contributed by atoms with van der Waals surface area (Å²) >= 11 is 0. The molecule has 1 heterocycles. The SMILES string of the molecule is COc1ccc(OC)c(Nc2ccnc(C(=O)Nc3cc(C)ccc3C)c2)c1. The molecule has 0 aliphatic rings. The van der Waals surface area contributed by atoms with E-state index in [1.54, 1.807) is 32.5 Å². The lowest BCUT2D eigenvalue weighted by Gasteiger charge is -2.13. The maximum atomic E-state index is 12.7. The fourth-order valence-corrected chi connectivity index (χ4v) is 2.76. The fourth-order valence-electron chi connectivity index (χ4n) is 2.76. The summed E-state index contributed by atoms with van der Waals surface area (Å²) in [4.78, 5) is 16.9. The molecule has 0 atom stereocenters. The van der Waals surface area contributed by atoms with Gasteiger partial charge >= 0.3 is 0 Å². The molecule has 28 heavy (non-hydrogen) atoms. The van der Waals surface area contributed by atoms with Crippen molar-refractivity contribution in [2.45, 2.75) is 13.8 Å². The van der Waals surface area contributed by atoms with Crippen molar-refractivity contribution < 1.29 is 14.3 Å². The number of benzene rings is 2. The van der Waals surface area contributed by atoms with Crippen LogP contribution < -0.4 is 20.1 Å². The van der Waals surface area contributed by atoms with Crippen LogP contribution in [-0.4, -0.2) is 25.1 Å². The van der Waals surface area contributed by atoms with Crippen LogP contribution in [0.2, 0.25) is 0 Å². The average Bonchev–Trinajstić information content (AvgIpc) is 2.70. The summed E-state index contributed by atoms with van der Waals surface area (Å²) in [5.74, 6) is 1.10. The number of pyridine rings is 1. The number of ether oxygens (including phenoxy) is 2. The molecule has 2 N–H and O–H groups in total. The van der Waals surface area contributed by atoms with Gasteiger partial charge < -0.3 is 20.1 Å². The van der Waals surface area contributed by atoms with Crippen molar-refractivity contribution in [1.82, 2.24) is 4.98 Å². The van der Waals surface area contributed by atoms with Gasteiger partial charge in [-0.05, 0) is 55.3 Å². The zero-order valence-electron chi connectivity index (χ0n) is 16.4. The molecule has 6 nitrogen and oxygen atoms in total. The van der Waals surface area contributed by atoms with Crippen LogP contribution in [0.1, 0.15) is 21.6 Å². The molecule has 0 saturated heterocycles. The summed E-state index contributed by atoms with van der Waals surface area (Å²) in [7, 11) is 3.20. The van der Waals surface area contributed by atoms with Gasteiger partial charge in [0.05, 0.1) is 19.9 Å². The Kier molecular flexibility index (Phi) is 5.79. The van der Waals surface area contributed by atoms with E-state index in [1.807, 2.05) is 50.2 Å². The summed E-state index contributed by atoms with van der Waals surface area (Å²) in [5.41, 5.74) is 4.61. The third-order valence-electron chi connectivity index (χ3n) is 4.32. The Hall–Kier alpha value is -3.54. The van der Waals surface area contributed by atoms with Crippen LogP contribution in [0.4, 0.5) is 17.1 Å². The third-order valence-corrected chi connectivity index (χ3v) is 4.32. The predicted molar refractivity (Wildman–Crippen MR) is 111 cm³/mol. The lowest BCUT2D eigenvalue weighted by Crippen LogP contribution is -2.14. The van der Waals surface area contributed by atoms with Crippen molar-refractivity contribution in [3.05, 3.63) is 71.5 Å². The van der Waals surface area contributed by atoms with Crippen molar-refractivity contribution in [3.8, 4) is 11.5 Å². The van der Waals surface area contributed by atoms with Gasteiger partial charge in [0.15, 0.2) is 0 Å². The van der Waals surface area contributed by atoms with E-state index in [0.717, 1.165) is 22.5 Å². The van der Waals surface area contributed by atoms with Crippen molar-refractivity contribution in [3.63, 3.8) is 0 Å². The van der Waals surface area contributed by atoms with Crippen LogP contribution in [0.3, 0.4) is 0 Å². The third kappa shape index (κ3) is 4.40. The molecule has 0 spiro atoms. The van der Waals surface area contributed by atoms with Gasteiger partial charge in [-0.15, -0.1) is 0 Å². The first-order chi connectivity index (χ1) is 13.5. The molecule has 0 aliphatic heterocycles. The second-order valence-electron chi connectivity index (χ2n) is 6.39. The van der Waals surface area contributed by atoms with Crippen molar-refractivity contribution in [2.75, 3.05) is 24.9 Å². The predicted octanol–water partition coefficient (Wildman–Crippen LogP) is 4.71. The van der Waals surface area contributed by atoms with Crippen LogP contribution >= 0.6 is 0 Å². The molecular formula is C22H23N3O3. The van der Waals surface area contributed by atoms with E-state index < -0.39 is 0 Å². The van der Waals surface area contributed by atoms with Gasteiger partial charge in [-0.25, -0.2) is 0 Å². The van der Waals surface area contributed by atoms with E-state index in [2.05, 4.69) is 15.6 Å². The Labute approximate surface area is 164 Å². The lowest BCUT2D eigenvalue weighted by atomic mass is 10.1. The highest BCUT2D eigenvalue weighted by Crippen LogP contribution is 2.31. The smallest absolute Gasteiger partial charge is 0.274 e. The highest BCUT2D eigenvalue weighted by molar-refractivity contribution is 6.03. The summed E-state index contributed by atoms with van der Waals surface area (Å²) in [6.07, 6.45) is 1.59. The van der Waals surface area contributed by atoms with Gasteiger partial charge in [-0.1, -0.05) is 12.1 Å². The number of amides is 1. The summed E-state index contributed by atoms with van der Waals surface area (Å²) in [5, 5.41) is 6.18. The average molecular weight is 377 g/mol. The number of nitrogens with one attached hydrogen (secondary N) is 2. The van der Waals surface area contributed by atoms with Crippen molar-refractivity contribution >= 4 is 23.0 Å². The summed E-state index contributed by atoms with van der Waals surface area (Å²) in [6, 6.07) is 14.9. The minimum atomic E-state index is -0.269. The molecule has 0 bridgehead atoms. The maximum Gasteiger partial charge on any atom is 0.274 e. The van der Waals surface area contributed by atoms with E-state index in [1.165, 1.54) is 0 Å². The zero-order valence-corrected chi connectivity index (χ0v) is 16.4. The molecule has 6 heteroatoms. The Morgan fingerprint density at radius 2 is 1.75 bits per heavy atom. The van der Waals surface area contributed by atoms with Gasteiger partial charge in [-0.3, -0.25) is 9.78 Å². The largest absolute Gasteiger partial charge is 0.497 e. The quantitative estimate of drug-likeness (QED) is 0.651. The topological polar surface area (TPSA) is 72.5 Å². The fraction of sp³-hybridized carbons (Fsp3) is 0.182. The van der Waals surface area contributed by atoms with Crippen LogP contribution in [-0.2, 0) is 0 Å². The first kappa shape index (κ1) is 19.2. The maximum absolute atomic E-state index is 12.7. The molecule has 0 aliphatic carbocycles. The number of methoxy groups -OCH3 is 2. The monoisotopic (exact) mass is 377 g/mol. The first-order valence-electron chi connectivity index (χ1n) is 8.84. The Balaban J connectivity index is 1.82. The van der Waals surface area contributed by atoms with Gasteiger partial charge in [-0.2, -0.15) is 0 Å². The number of hydrogen-bond acceptors (Lipinski definition) is 5. The lowest BCUT2D eigenvalue weighted by molar-refractivity contribution is 0.102. The Morgan fingerprint density at radius 3 is 2.50 bits per heavy atom. The normalized spacial score (nSPS) is 10.3. The molecule has 0 unspecified atom stereocenters. The van der Waals surface area contributed by atoms with Crippen molar-refractivity contribution in [2.24, 2.45) is 0 Å². The van der Waals surface area contributed by atoms with E-state index in [0.29, 0.717) is 22.9 Å². The minimum absolute atomic E-state index is 0.269. The summed E-state index contributed by atoms with van der Waals surface area (Å²) < 4.78 is 10.7. The Bertz CT molecular complexity index is 1000. The molecular weight excluding hydrogens is 354 g/mol. The number of rotatable bonds is 6. The van der Waals surface area contributed by atoms with Gasteiger partial charge in [0, 0.05) is 23.6 Å².